The summed E-state index contributed by atoms with van der Waals surface area (Å²) in [5.74, 6) is 0. The molecular formula is C16H26N2. The van der Waals surface area contributed by atoms with Crippen molar-refractivity contribution < 1.29 is 0 Å². The molecule has 2 rings (SSSR count). The smallest absolute Gasteiger partial charge is 0.0342 e. The van der Waals surface area contributed by atoms with Gasteiger partial charge in [-0.25, -0.2) is 0 Å². The van der Waals surface area contributed by atoms with Crippen LogP contribution in [0.3, 0.4) is 0 Å². The van der Waals surface area contributed by atoms with Crippen LogP contribution in [0.15, 0.2) is 24.3 Å². The zero-order valence-corrected chi connectivity index (χ0v) is 11.5. The second-order valence-electron chi connectivity index (χ2n) is 5.35. The summed E-state index contributed by atoms with van der Waals surface area (Å²) in [5, 5.41) is 7.09. The fraction of sp³-hybridized carbons (Fsp3) is 0.625. The van der Waals surface area contributed by atoms with Gasteiger partial charge in [-0.3, -0.25) is 0 Å². The van der Waals surface area contributed by atoms with Crippen molar-refractivity contribution in [2.75, 3.05) is 11.9 Å². The van der Waals surface area contributed by atoms with E-state index in [1.807, 2.05) is 0 Å². The van der Waals surface area contributed by atoms with Gasteiger partial charge >= 0.3 is 0 Å². The Kier molecular flexibility index (Phi) is 5.53. The summed E-state index contributed by atoms with van der Waals surface area (Å²) in [7, 11) is 0. The van der Waals surface area contributed by atoms with Gasteiger partial charge in [0.2, 0.25) is 0 Å². The zero-order chi connectivity index (χ0) is 12.6. The third-order valence-electron chi connectivity index (χ3n) is 3.69. The van der Waals surface area contributed by atoms with Crippen molar-refractivity contribution in [1.82, 2.24) is 5.32 Å². The third kappa shape index (κ3) is 4.34. The van der Waals surface area contributed by atoms with Gasteiger partial charge in [-0.05, 0) is 43.5 Å². The summed E-state index contributed by atoms with van der Waals surface area (Å²) in [5.41, 5.74) is 2.65. The molecule has 1 aromatic carbocycles. The van der Waals surface area contributed by atoms with Crippen LogP contribution >= 0.6 is 0 Å². The van der Waals surface area contributed by atoms with Gasteiger partial charge in [-0.2, -0.15) is 0 Å². The van der Waals surface area contributed by atoms with E-state index in [0.717, 1.165) is 13.1 Å². The van der Waals surface area contributed by atoms with Gasteiger partial charge in [-0.15, -0.1) is 0 Å². The van der Waals surface area contributed by atoms with Crippen molar-refractivity contribution in [3.8, 4) is 0 Å². The molecule has 1 fully saturated rings. The first kappa shape index (κ1) is 13.4. The lowest BCUT2D eigenvalue weighted by Gasteiger charge is -2.23. The molecule has 1 aliphatic carbocycles. The molecule has 2 N–H and O–H groups in total. The standard InChI is InChI=1S/C16H26N2/c1-2-12-17-13-14-8-10-16(11-9-14)18-15-6-4-3-5-7-15/h8-11,15,17-18H,2-7,12-13H2,1H3. The van der Waals surface area contributed by atoms with E-state index in [1.165, 1.54) is 49.8 Å². The van der Waals surface area contributed by atoms with E-state index in [1.54, 1.807) is 0 Å². The van der Waals surface area contributed by atoms with Crippen LogP contribution in [-0.4, -0.2) is 12.6 Å². The van der Waals surface area contributed by atoms with Gasteiger partial charge in [0.15, 0.2) is 0 Å². The van der Waals surface area contributed by atoms with Crippen LogP contribution in [0.2, 0.25) is 0 Å². The lowest BCUT2D eigenvalue weighted by Crippen LogP contribution is -2.22. The number of anilines is 1. The molecule has 0 radical (unpaired) electrons. The predicted octanol–water partition coefficient (Wildman–Crippen LogP) is 3.93. The van der Waals surface area contributed by atoms with Gasteiger partial charge in [0, 0.05) is 18.3 Å². The van der Waals surface area contributed by atoms with Gasteiger partial charge < -0.3 is 10.6 Å². The maximum absolute atomic E-state index is 3.65. The molecule has 0 atom stereocenters. The van der Waals surface area contributed by atoms with Crippen LogP contribution in [0, 0.1) is 0 Å². The van der Waals surface area contributed by atoms with E-state index in [2.05, 4.69) is 41.8 Å². The minimum atomic E-state index is 0.697. The maximum Gasteiger partial charge on any atom is 0.0342 e. The van der Waals surface area contributed by atoms with E-state index in [0.29, 0.717) is 6.04 Å². The Morgan fingerprint density at radius 3 is 2.44 bits per heavy atom. The van der Waals surface area contributed by atoms with Crippen molar-refractivity contribution in [2.24, 2.45) is 0 Å². The number of benzene rings is 1. The molecule has 0 amide bonds. The maximum atomic E-state index is 3.65. The molecule has 0 spiro atoms. The quantitative estimate of drug-likeness (QED) is 0.743. The highest BCUT2D eigenvalue weighted by molar-refractivity contribution is 5.45. The van der Waals surface area contributed by atoms with Gasteiger partial charge in [0.25, 0.3) is 0 Å². The Morgan fingerprint density at radius 1 is 1.06 bits per heavy atom. The Labute approximate surface area is 111 Å². The minimum absolute atomic E-state index is 0.697. The Balaban J connectivity index is 1.79. The summed E-state index contributed by atoms with van der Waals surface area (Å²) in [6.07, 6.45) is 8.05. The Hall–Kier alpha value is -1.02. The lowest BCUT2D eigenvalue weighted by atomic mass is 9.95. The number of rotatable bonds is 6. The highest BCUT2D eigenvalue weighted by Gasteiger charge is 2.12. The van der Waals surface area contributed by atoms with E-state index < -0.39 is 0 Å². The molecule has 1 aliphatic rings. The number of nitrogens with one attached hydrogen (secondary N) is 2. The van der Waals surface area contributed by atoms with Crippen molar-refractivity contribution >= 4 is 5.69 Å². The number of hydrogen-bond donors (Lipinski definition) is 2. The highest BCUT2D eigenvalue weighted by atomic mass is 14.9. The molecule has 100 valence electrons. The molecule has 0 saturated heterocycles. The summed E-state index contributed by atoms with van der Waals surface area (Å²) < 4.78 is 0. The van der Waals surface area contributed by atoms with Crippen LogP contribution in [-0.2, 0) is 6.54 Å². The normalized spacial score (nSPS) is 16.7. The molecule has 0 heterocycles. The van der Waals surface area contributed by atoms with E-state index in [4.69, 9.17) is 0 Å². The third-order valence-corrected chi connectivity index (χ3v) is 3.69. The van der Waals surface area contributed by atoms with Crippen molar-refractivity contribution in [2.45, 2.75) is 58.0 Å². The predicted molar refractivity (Wildman–Crippen MR) is 78.9 cm³/mol. The molecule has 2 nitrogen and oxygen atoms in total. The largest absolute Gasteiger partial charge is 0.382 e. The molecular weight excluding hydrogens is 220 g/mol. The van der Waals surface area contributed by atoms with Crippen LogP contribution < -0.4 is 10.6 Å². The summed E-state index contributed by atoms with van der Waals surface area (Å²) in [6, 6.07) is 9.60. The summed E-state index contributed by atoms with van der Waals surface area (Å²) in [6.45, 7) is 4.28. The van der Waals surface area contributed by atoms with Crippen molar-refractivity contribution in [3.05, 3.63) is 29.8 Å². The molecule has 1 aromatic rings. The highest BCUT2D eigenvalue weighted by Crippen LogP contribution is 2.21. The van der Waals surface area contributed by atoms with Crippen molar-refractivity contribution in [3.63, 3.8) is 0 Å². The first-order valence-corrected chi connectivity index (χ1v) is 7.44. The first-order valence-electron chi connectivity index (χ1n) is 7.44. The monoisotopic (exact) mass is 246 g/mol. The van der Waals surface area contributed by atoms with Crippen molar-refractivity contribution in [1.29, 1.82) is 0 Å². The average molecular weight is 246 g/mol. The van der Waals surface area contributed by atoms with E-state index in [-0.39, 0.29) is 0 Å². The average Bonchev–Trinajstić information content (AvgIpc) is 2.42. The SMILES string of the molecule is CCCNCc1ccc(NC2CCCCC2)cc1. The van der Waals surface area contributed by atoms with Gasteiger partial charge in [0.05, 0.1) is 0 Å². The molecule has 0 aromatic heterocycles. The van der Waals surface area contributed by atoms with Gasteiger partial charge in [0.1, 0.15) is 0 Å². The van der Waals surface area contributed by atoms with Crippen LogP contribution in [0.25, 0.3) is 0 Å². The molecule has 1 saturated carbocycles. The Morgan fingerprint density at radius 2 is 1.78 bits per heavy atom. The lowest BCUT2D eigenvalue weighted by molar-refractivity contribution is 0.463. The first-order chi connectivity index (χ1) is 8.88. The molecule has 2 heteroatoms. The summed E-state index contributed by atoms with van der Waals surface area (Å²) >= 11 is 0. The van der Waals surface area contributed by atoms with E-state index >= 15 is 0 Å². The minimum Gasteiger partial charge on any atom is -0.382 e. The van der Waals surface area contributed by atoms with Crippen LogP contribution in [0.1, 0.15) is 51.0 Å². The van der Waals surface area contributed by atoms with Crippen LogP contribution in [0.4, 0.5) is 5.69 Å². The second-order valence-corrected chi connectivity index (χ2v) is 5.35. The van der Waals surface area contributed by atoms with E-state index in [9.17, 15) is 0 Å². The fourth-order valence-corrected chi connectivity index (χ4v) is 2.61. The number of hydrogen-bond acceptors (Lipinski definition) is 2. The summed E-state index contributed by atoms with van der Waals surface area (Å²) in [4.78, 5) is 0. The zero-order valence-electron chi connectivity index (χ0n) is 11.5. The fourth-order valence-electron chi connectivity index (χ4n) is 2.61. The topological polar surface area (TPSA) is 24.1 Å². The van der Waals surface area contributed by atoms with Gasteiger partial charge in [-0.1, -0.05) is 38.3 Å². The molecule has 0 aliphatic heterocycles. The van der Waals surface area contributed by atoms with Crippen LogP contribution in [0.5, 0.6) is 0 Å². The molecule has 0 unspecified atom stereocenters. The Bertz CT molecular complexity index is 325. The molecule has 0 bridgehead atoms. The molecule has 18 heavy (non-hydrogen) atoms. The second kappa shape index (κ2) is 7.42.